The summed E-state index contributed by atoms with van der Waals surface area (Å²) < 4.78 is 37.9. The van der Waals surface area contributed by atoms with Crippen molar-refractivity contribution in [1.82, 2.24) is 0 Å². The van der Waals surface area contributed by atoms with E-state index in [4.69, 9.17) is 0 Å². The third-order valence-corrected chi connectivity index (χ3v) is 1.57. The molecule has 0 heterocycles. The molecular formula is C9H8F3. The van der Waals surface area contributed by atoms with Crippen LogP contribution >= 0.6 is 0 Å². The molecule has 0 aliphatic rings. The van der Waals surface area contributed by atoms with E-state index in [1.54, 1.807) is 13.8 Å². The zero-order chi connectivity index (χ0) is 9.30. The van der Waals surface area contributed by atoms with Gasteiger partial charge in [0.2, 0.25) is 0 Å². The molecule has 0 amide bonds. The van der Waals surface area contributed by atoms with Gasteiger partial charge in [-0.1, -0.05) is 19.9 Å². The van der Waals surface area contributed by atoms with Crippen LogP contribution in [0.2, 0.25) is 0 Å². The van der Waals surface area contributed by atoms with E-state index >= 15 is 0 Å². The summed E-state index contributed by atoms with van der Waals surface area (Å²) in [5.74, 6) is -3.06. The van der Waals surface area contributed by atoms with E-state index in [9.17, 15) is 13.2 Å². The van der Waals surface area contributed by atoms with Crippen molar-refractivity contribution in [2.24, 2.45) is 0 Å². The minimum Gasteiger partial charge on any atom is -0.204 e. The molecule has 0 aliphatic carbocycles. The molecule has 0 nitrogen and oxygen atoms in total. The normalized spacial score (nSPS) is 10.8. The Morgan fingerprint density at radius 2 is 1.58 bits per heavy atom. The van der Waals surface area contributed by atoms with Crippen LogP contribution in [0.3, 0.4) is 0 Å². The molecule has 1 aromatic carbocycles. The van der Waals surface area contributed by atoms with E-state index in [-0.39, 0.29) is 5.56 Å². The topological polar surface area (TPSA) is 0 Å². The number of benzene rings is 1. The van der Waals surface area contributed by atoms with Gasteiger partial charge in [0, 0.05) is 5.92 Å². The summed E-state index contributed by atoms with van der Waals surface area (Å²) in [6.07, 6.45) is 0. The Hall–Kier alpha value is -0.990. The lowest BCUT2D eigenvalue weighted by molar-refractivity contribution is 0.443. The average molecular weight is 173 g/mol. The maximum atomic E-state index is 12.9. The minimum absolute atomic E-state index is 0.119. The van der Waals surface area contributed by atoms with Crippen LogP contribution in [0.1, 0.15) is 19.4 Å². The maximum Gasteiger partial charge on any atom is 0.194 e. The summed E-state index contributed by atoms with van der Waals surface area (Å²) in [5, 5.41) is 0. The lowest BCUT2D eigenvalue weighted by atomic mass is 10.0. The van der Waals surface area contributed by atoms with E-state index in [0.29, 0.717) is 5.92 Å². The Bertz CT molecular complexity index is 292. The molecule has 0 aromatic heterocycles. The zero-order valence-corrected chi connectivity index (χ0v) is 6.79. The van der Waals surface area contributed by atoms with Gasteiger partial charge in [-0.05, 0) is 11.6 Å². The molecular weight excluding hydrogens is 165 g/mol. The van der Waals surface area contributed by atoms with Crippen molar-refractivity contribution >= 4 is 0 Å². The Labute approximate surface area is 69.0 Å². The van der Waals surface area contributed by atoms with Crippen molar-refractivity contribution in [2.45, 2.75) is 13.8 Å². The summed E-state index contributed by atoms with van der Waals surface area (Å²) in [7, 11) is 0. The number of halogens is 3. The Morgan fingerprint density at radius 3 is 2.08 bits per heavy atom. The molecule has 0 unspecified atom stereocenters. The number of rotatable bonds is 1. The molecule has 0 spiro atoms. The second-order valence-electron chi connectivity index (χ2n) is 2.72. The maximum absolute atomic E-state index is 12.9. The fraction of sp³-hybridized carbons (Fsp3) is 0.222. The highest BCUT2D eigenvalue weighted by atomic mass is 19.2. The zero-order valence-electron chi connectivity index (χ0n) is 6.79. The highest BCUT2D eigenvalue weighted by molar-refractivity contribution is 5.30. The largest absolute Gasteiger partial charge is 0.204 e. The van der Waals surface area contributed by atoms with Crippen molar-refractivity contribution in [3.8, 4) is 0 Å². The third kappa shape index (κ3) is 1.44. The summed E-state index contributed by atoms with van der Waals surface area (Å²) in [4.78, 5) is 0. The minimum atomic E-state index is -1.41. The van der Waals surface area contributed by atoms with Crippen molar-refractivity contribution < 1.29 is 13.2 Å². The second kappa shape index (κ2) is 3.17. The van der Waals surface area contributed by atoms with Crippen LogP contribution in [-0.4, -0.2) is 0 Å². The summed E-state index contributed by atoms with van der Waals surface area (Å²) >= 11 is 0. The monoisotopic (exact) mass is 173 g/mol. The van der Waals surface area contributed by atoms with E-state index < -0.39 is 17.5 Å². The first-order chi connectivity index (χ1) is 5.54. The van der Waals surface area contributed by atoms with Crippen molar-refractivity contribution in [1.29, 1.82) is 0 Å². The van der Waals surface area contributed by atoms with Crippen LogP contribution < -0.4 is 0 Å². The van der Waals surface area contributed by atoms with Gasteiger partial charge < -0.3 is 0 Å². The highest BCUT2D eigenvalue weighted by Gasteiger charge is 2.14. The molecule has 0 bridgehead atoms. The van der Waals surface area contributed by atoms with Gasteiger partial charge in [0.05, 0.1) is 0 Å². The van der Waals surface area contributed by atoms with Crippen LogP contribution in [0.15, 0.2) is 12.1 Å². The molecule has 0 saturated carbocycles. The molecule has 0 aliphatic heterocycles. The predicted octanol–water partition coefficient (Wildman–Crippen LogP) is 3.07. The standard InChI is InChI=1S/C9H8F3/c1-5(2)6-3-4-7(10)9(12)8(6)11/h3-4H,1-2H3. The molecule has 0 fully saturated rings. The first-order valence-electron chi connectivity index (χ1n) is 3.48. The lowest BCUT2D eigenvalue weighted by Crippen LogP contribution is -1.99. The molecule has 1 rings (SSSR count). The summed E-state index contributed by atoms with van der Waals surface area (Å²) in [6.45, 7) is 3.27. The Balaban J connectivity index is 3.27. The van der Waals surface area contributed by atoms with Gasteiger partial charge in [0.25, 0.3) is 0 Å². The molecule has 1 radical (unpaired) electrons. The Morgan fingerprint density at radius 1 is 1.00 bits per heavy atom. The fourth-order valence-electron chi connectivity index (χ4n) is 0.912. The smallest absolute Gasteiger partial charge is 0.194 e. The van der Waals surface area contributed by atoms with E-state index in [2.05, 4.69) is 0 Å². The van der Waals surface area contributed by atoms with E-state index in [0.717, 1.165) is 6.07 Å². The number of hydrogen-bond acceptors (Lipinski definition) is 0. The van der Waals surface area contributed by atoms with E-state index in [1.165, 1.54) is 6.07 Å². The summed E-state index contributed by atoms with van der Waals surface area (Å²) in [6, 6.07) is 2.14. The van der Waals surface area contributed by atoms with Crippen LogP contribution in [0, 0.1) is 23.4 Å². The molecule has 3 heteroatoms. The van der Waals surface area contributed by atoms with Gasteiger partial charge in [-0.3, -0.25) is 0 Å². The van der Waals surface area contributed by atoms with Crippen LogP contribution in [-0.2, 0) is 0 Å². The predicted molar refractivity (Wildman–Crippen MR) is 40.0 cm³/mol. The molecule has 0 saturated heterocycles. The molecule has 0 N–H and O–H groups in total. The van der Waals surface area contributed by atoms with Gasteiger partial charge >= 0.3 is 0 Å². The van der Waals surface area contributed by atoms with Gasteiger partial charge in [-0.25, -0.2) is 13.2 Å². The molecule has 12 heavy (non-hydrogen) atoms. The van der Waals surface area contributed by atoms with Crippen molar-refractivity contribution in [3.63, 3.8) is 0 Å². The quantitative estimate of drug-likeness (QED) is 0.572. The molecule has 0 atom stereocenters. The Kier molecular flexibility index (Phi) is 2.40. The fourth-order valence-corrected chi connectivity index (χ4v) is 0.912. The summed E-state index contributed by atoms with van der Waals surface area (Å²) in [5.41, 5.74) is 0.119. The number of hydrogen-bond donors (Lipinski definition) is 0. The van der Waals surface area contributed by atoms with Gasteiger partial charge in [-0.15, -0.1) is 0 Å². The van der Waals surface area contributed by atoms with Crippen LogP contribution in [0.4, 0.5) is 13.2 Å². The van der Waals surface area contributed by atoms with Crippen LogP contribution in [0.25, 0.3) is 0 Å². The average Bonchev–Trinajstić information content (AvgIpc) is 2.00. The third-order valence-electron chi connectivity index (χ3n) is 1.57. The van der Waals surface area contributed by atoms with Crippen molar-refractivity contribution in [2.75, 3.05) is 0 Å². The van der Waals surface area contributed by atoms with Gasteiger partial charge in [0.15, 0.2) is 17.5 Å². The molecule has 1 aromatic rings. The lowest BCUT2D eigenvalue weighted by Gasteiger charge is -2.06. The first-order valence-corrected chi connectivity index (χ1v) is 3.48. The second-order valence-corrected chi connectivity index (χ2v) is 2.72. The van der Waals surface area contributed by atoms with E-state index in [1.807, 2.05) is 0 Å². The highest BCUT2D eigenvalue weighted by Crippen LogP contribution is 2.21. The SMILES string of the molecule is C[C](C)c1ccc(F)c(F)c1F. The molecule has 65 valence electrons. The van der Waals surface area contributed by atoms with Gasteiger partial charge in [0.1, 0.15) is 0 Å². The van der Waals surface area contributed by atoms with Gasteiger partial charge in [-0.2, -0.15) is 0 Å². The van der Waals surface area contributed by atoms with Crippen LogP contribution in [0.5, 0.6) is 0 Å². The first kappa shape index (κ1) is 9.10. The van der Waals surface area contributed by atoms with Crippen molar-refractivity contribution in [3.05, 3.63) is 41.1 Å².